The van der Waals surface area contributed by atoms with Crippen molar-refractivity contribution in [3.63, 3.8) is 0 Å². The minimum Gasteiger partial charge on any atom is -0.465 e. The lowest BCUT2D eigenvalue weighted by molar-refractivity contribution is -0.132. The van der Waals surface area contributed by atoms with Crippen molar-refractivity contribution in [1.82, 2.24) is 0 Å². The fraction of sp³-hybridized carbons (Fsp3) is 0.300. The van der Waals surface area contributed by atoms with Gasteiger partial charge in [0.15, 0.2) is 0 Å². The van der Waals surface area contributed by atoms with Crippen LogP contribution in [0.5, 0.6) is 0 Å². The Balaban J connectivity index is 2.61. The molecule has 0 radical (unpaired) electrons. The highest BCUT2D eigenvalue weighted by Gasteiger charge is 2.09. The van der Waals surface area contributed by atoms with E-state index in [4.69, 9.17) is 4.74 Å². The van der Waals surface area contributed by atoms with Crippen molar-refractivity contribution in [3.8, 4) is 0 Å². The fourth-order valence-corrected chi connectivity index (χ4v) is 1.09. The summed E-state index contributed by atoms with van der Waals surface area (Å²) in [7, 11) is 1.59. The molecule has 0 spiro atoms. The molecule has 70 valence electrons. The van der Waals surface area contributed by atoms with Gasteiger partial charge in [-0.15, -0.1) is 0 Å². The van der Waals surface area contributed by atoms with E-state index >= 15 is 0 Å². The molecule has 0 aliphatic carbocycles. The Labute approximate surface area is 77.3 Å². The molecule has 1 unspecified atom stereocenters. The first-order valence-corrected chi connectivity index (χ1v) is 4.01. The fourth-order valence-electron chi connectivity index (χ4n) is 1.09. The van der Waals surface area contributed by atoms with Crippen LogP contribution in [-0.4, -0.2) is 20.2 Å². The van der Waals surface area contributed by atoms with Crippen molar-refractivity contribution in [3.05, 3.63) is 35.9 Å². The van der Waals surface area contributed by atoms with Gasteiger partial charge in [0, 0.05) is 7.11 Å². The standard InChI is InChI=1S/C10H12O3/c1-12-10(7-13-8-11)9-5-3-2-4-6-9/h2-6,8,10H,7H2,1H3. The van der Waals surface area contributed by atoms with Gasteiger partial charge in [-0.1, -0.05) is 30.3 Å². The number of ether oxygens (including phenoxy) is 2. The van der Waals surface area contributed by atoms with E-state index in [1.807, 2.05) is 30.3 Å². The van der Waals surface area contributed by atoms with Crippen molar-refractivity contribution < 1.29 is 14.3 Å². The second-order valence-corrected chi connectivity index (χ2v) is 2.56. The summed E-state index contributed by atoms with van der Waals surface area (Å²) >= 11 is 0. The molecule has 3 heteroatoms. The van der Waals surface area contributed by atoms with E-state index in [1.54, 1.807) is 7.11 Å². The van der Waals surface area contributed by atoms with Crippen LogP contribution in [0.25, 0.3) is 0 Å². The number of rotatable bonds is 5. The lowest BCUT2D eigenvalue weighted by Gasteiger charge is -2.13. The van der Waals surface area contributed by atoms with Crippen molar-refractivity contribution in [2.45, 2.75) is 6.10 Å². The van der Waals surface area contributed by atoms with Gasteiger partial charge in [0.2, 0.25) is 0 Å². The summed E-state index contributed by atoms with van der Waals surface area (Å²) in [6, 6.07) is 9.63. The van der Waals surface area contributed by atoms with Crippen LogP contribution in [0.1, 0.15) is 11.7 Å². The molecule has 0 amide bonds. The largest absolute Gasteiger partial charge is 0.465 e. The van der Waals surface area contributed by atoms with E-state index in [2.05, 4.69) is 4.74 Å². The highest BCUT2D eigenvalue weighted by atomic mass is 16.5. The normalized spacial score (nSPS) is 12.1. The molecule has 3 nitrogen and oxygen atoms in total. The molecule has 1 atom stereocenters. The SMILES string of the molecule is COC(COC=O)c1ccccc1. The van der Waals surface area contributed by atoms with Crippen LogP contribution < -0.4 is 0 Å². The number of hydrogen-bond acceptors (Lipinski definition) is 3. The van der Waals surface area contributed by atoms with E-state index in [1.165, 1.54) is 0 Å². The van der Waals surface area contributed by atoms with Crippen LogP contribution in [0.4, 0.5) is 0 Å². The second-order valence-electron chi connectivity index (χ2n) is 2.56. The Bertz CT molecular complexity index is 246. The maximum atomic E-state index is 9.98. The van der Waals surface area contributed by atoms with Crippen molar-refractivity contribution >= 4 is 6.47 Å². The quantitative estimate of drug-likeness (QED) is 0.645. The first kappa shape index (κ1) is 9.74. The van der Waals surface area contributed by atoms with Gasteiger partial charge in [0.05, 0.1) is 0 Å². The summed E-state index contributed by atoms with van der Waals surface area (Å²) in [5.41, 5.74) is 1.01. The Morgan fingerprint density at radius 3 is 2.62 bits per heavy atom. The molecule has 0 aromatic heterocycles. The van der Waals surface area contributed by atoms with Gasteiger partial charge in [-0.05, 0) is 5.56 Å². The summed E-state index contributed by atoms with van der Waals surface area (Å²) in [5.74, 6) is 0. The van der Waals surface area contributed by atoms with E-state index in [9.17, 15) is 4.79 Å². The first-order valence-electron chi connectivity index (χ1n) is 4.01. The summed E-state index contributed by atoms with van der Waals surface area (Å²) in [4.78, 5) is 9.98. The summed E-state index contributed by atoms with van der Waals surface area (Å²) in [5, 5.41) is 0. The molecule has 13 heavy (non-hydrogen) atoms. The van der Waals surface area contributed by atoms with Gasteiger partial charge >= 0.3 is 0 Å². The van der Waals surface area contributed by atoms with Crippen LogP contribution in [-0.2, 0) is 14.3 Å². The maximum absolute atomic E-state index is 9.98. The Morgan fingerprint density at radius 2 is 2.08 bits per heavy atom. The number of hydrogen-bond donors (Lipinski definition) is 0. The third-order valence-electron chi connectivity index (χ3n) is 1.77. The highest BCUT2D eigenvalue weighted by Crippen LogP contribution is 2.15. The minimum atomic E-state index is -0.175. The van der Waals surface area contributed by atoms with Gasteiger partial charge in [0.1, 0.15) is 12.7 Å². The second kappa shape index (κ2) is 5.32. The third kappa shape index (κ3) is 2.87. The Morgan fingerprint density at radius 1 is 1.38 bits per heavy atom. The molecule has 0 heterocycles. The molecule has 0 fully saturated rings. The van der Waals surface area contributed by atoms with Crippen LogP contribution in [0.2, 0.25) is 0 Å². The van der Waals surface area contributed by atoms with Gasteiger partial charge in [-0.2, -0.15) is 0 Å². The predicted molar refractivity (Wildman–Crippen MR) is 48.2 cm³/mol. The molecule has 1 aromatic carbocycles. The molecular weight excluding hydrogens is 168 g/mol. The zero-order chi connectivity index (χ0) is 9.52. The highest BCUT2D eigenvalue weighted by molar-refractivity contribution is 5.37. The zero-order valence-electron chi connectivity index (χ0n) is 7.47. The Hall–Kier alpha value is -1.35. The van der Waals surface area contributed by atoms with Gasteiger partial charge in [0.25, 0.3) is 6.47 Å². The number of methoxy groups -OCH3 is 1. The Kier molecular flexibility index (Phi) is 3.99. The van der Waals surface area contributed by atoms with E-state index in [0.717, 1.165) is 5.56 Å². The topological polar surface area (TPSA) is 35.5 Å². The molecule has 0 aliphatic heterocycles. The summed E-state index contributed by atoms with van der Waals surface area (Å²) in [6.45, 7) is 0.680. The van der Waals surface area contributed by atoms with Crippen LogP contribution in [0.3, 0.4) is 0 Å². The molecular formula is C10H12O3. The van der Waals surface area contributed by atoms with Gasteiger partial charge in [-0.25, -0.2) is 0 Å². The average molecular weight is 180 g/mol. The molecule has 0 bridgehead atoms. The lowest BCUT2D eigenvalue weighted by atomic mass is 10.1. The van der Waals surface area contributed by atoms with Crippen LogP contribution in [0, 0.1) is 0 Å². The first-order chi connectivity index (χ1) is 6.38. The predicted octanol–water partition coefficient (Wildman–Crippen LogP) is 1.55. The van der Waals surface area contributed by atoms with Crippen molar-refractivity contribution in [1.29, 1.82) is 0 Å². The van der Waals surface area contributed by atoms with Gasteiger partial charge in [-0.3, -0.25) is 4.79 Å². The summed E-state index contributed by atoms with van der Waals surface area (Å²) in [6.07, 6.45) is -0.175. The molecule has 1 aromatic rings. The molecule has 0 aliphatic rings. The third-order valence-corrected chi connectivity index (χ3v) is 1.77. The van der Waals surface area contributed by atoms with Crippen molar-refractivity contribution in [2.24, 2.45) is 0 Å². The average Bonchev–Trinajstić information content (AvgIpc) is 2.21. The monoisotopic (exact) mass is 180 g/mol. The molecule has 1 rings (SSSR count). The number of carbonyl (C=O) groups excluding carboxylic acids is 1. The number of benzene rings is 1. The lowest BCUT2D eigenvalue weighted by Crippen LogP contribution is -2.09. The summed E-state index contributed by atoms with van der Waals surface area (Å²) < 4.78 is 9.79. The smallest absolute Gasteiger partial charge is 0.293 e. The molecule has 0 saturated carbocycles. The van der Waals surface area contributed by atoms with E-state index < -0.39 is 0 Å². The number of carbonyl (C=O) groups is 1. The van der Waals surface area contributed by atoms with Crippen molar-refractivity contribution in [2.75, 3.05) is 13.7 Å². The van der Waals surface area contributed by atoms with E-state index in [0.29, 0.717) is 6.47 Å². The van der Waals surface area contributed by atoms with E-state index in [-0.39, 0.29) is 12.7 Å². The van der Waals surface area contributed by atoms with Crippen LogP contribution >= 0.6 is 0 Å². The molecule has 0 saturated heterocycles. The van der Waals surface area contributed by atoms with Crippen LogP contribution in [0.15, 0.2) is 30.3 Å². The zero-order valence-corrected chi connectivity index (χ0v) is 7.47. The minimum absolute atomic E-state index is 0.175. The van der Waals surface area contributed by atoms with Gasteiger partial charge < -0.3 is 9.47 Å². The molecule has 0 N–H and O–H groups in total. The maximum Gasteiger partial charge on any atom is 0.293 e.